The highest BCUT2D eigenvalue weighted by molar-refractivity contribution is 6.36. The van der Waals surface area contributed by atoms with Gasteiger partial charge in [0.25, 0.3) is 0 Å². The van der Waals surface area contributed by atoms with Gasteiger partial charge in [0.15, 0.2) is 0 Å². The molecule has 1 unspecified atom stereocenters. The molecule has 0 saturated carbocycles. The minimum atomic E-state index is -0.851. The van der Waals surface area contributed by atoms with E-state index in [1.165, 1.54) is 0 Å². The Morgan fingerprint density at radius 1 is 1.50 bits per heavy atom. The minimum absolute atomic E-state index is 0.394. The molecule has 1 atom stereocenters. The van der Waals surface area contributed by atoms with Crippen LogP contribution in [0.2, 0.25) is 10.0 Å². The molecule has 4 nitrogen and oxygen atoms in total. The quantitative estimate of drug-likeness (QED) is 0.927. The molecule has 0 saturated heterocycles. The minimum Gasteiger partial charge on any atom is -0.487 e. The largest absolute Gasteiger partial charge is 0.487 e. The van der Waals surface area contributed by atoms with Crippen LogP contribution in [0.1, 0.15) is 12.5 Å². The van der Waals surface area contributed by atoms with E-state index in [-0.39, 0.29) is 0 Å². The predicted octanol–water partition coefficient (Wildman–Crippen LogP) is 3.17. The third-order valence-electron chi connectivity index (χ3n) is 3.27. The fourth-order valence-electron chi connectivity index (χ4n) is 2.00. The van der Waals surface area contributed by atoms with E-state index in [9.17, 15) is 4.79 Å². The van der Waals surface area contributed by atoms with E-state index in [2.05, 4.69) is 0 Å². The Labute approximate surface area is 127 Å². The maximum atomic E-state index is 10.9. The third kappa shape index (κ3) is 3.26. The lowest BCUT2D eigenvalue weighted by Crippen LogP contribution is -2.37. The first-order chi connectivity index (χ1) is 9.38. The molecule has 6 heteroatoms. The molecule has 0 fully saturated rings. The van der Waals surface area contributed by atoms with E-state index < -0.39 is 12.0 Å². The van der Waals surface area contributed by atoms with Crippen LogP contribution in [0.15, 0.2) is 17.7 Å². The fraction of sp³-hybridized carbons (Fsp3) is 0.357. The molecule has 0 amide bonds. The number of benzene rings is 1. The Morgan fingerprint density at radius 3 is 2.85 bits per heavy atom. The smallest absolute Gasteiger partial charge is 0.320 e. The summed E-state index contributed by atoms with van der Waals surface area (Å²) in [5, 5.41) is 10.0. The standard InChI is InChI=1S/C14H15Cl2NO3/c1-8(14(18)19)17(2)6-9-3-10-4-11(15)5-12(16)13(10)20-7-9/h3-5,8H,6-7H2,1-2H3,(H,18,19). The van der Waals surface area contributed by atoms with Crippen LogP contribution in [-0.2, 0) is 4.79 Å². The highest BCUT2D eigenvalue weighted by atomic mass is 35.5. The number of carboxylic acids is 1. The summed E-state index contributed by atoms with van der Waals surface area (Å²) in [6.07, 6.45) is 1.95. The van der Waals surface area contributed by atoms with Crippen molar-refractivity contribution in [2.45, 2.75) is 13.0 Å². The van der Waals surface area contributed by atoms with Crippen molar-refractivity contribution in [2.75, 3.05) is 20.2 Å². The van der Waals surface area contributed by atoms with Crippen LogP contribution in [0.3, 0.4) is 0 Å². The summed E-state index contributed by atoms with van der Waals surface area (Å²) in [6, 6.07) is 2.86. The van der Waals surface area contributed by atoms with Gasteiger partial charge in [-0.25, -0.2) is 0 Å². The van der Waals surface area contributed by atoms with Crippen LogP contribution < -0.4 is 4.74 Å². The number of aliphatic carboxylic acids is 1. The van der Waals surface area contributed by atoms with Crippen LogP contribution >= 0.6 is 23.2 Å². The molecule has 0 radical (unpaired) electrons. The number of carboxylic acid groups (broad SMARTS) is 1. The molecule has 0 spiro atoms. The first kappa shape index (κ1) is 15.2. The zero-order valence-electron chi connectivity index (χ0n) is 11.2. The second kappa shape index (κ2) is 6.04. The molecule has 20 heavy (non-hydrogen) atoms. The monoisotopic (exact) mass is 315 g/mol. The van der Waals surface area contributed by atoms with E-state index in [1.807, 2.05) is 6.08 Å². The summed E-state index contributed by atoms with van der Waals surface area (Å²) in [6.45, 7) is 2.55. The molecule has 1 heterocycles. The zero-order chi connectivity index (χ0) is 14.9. The van der Waals surface area contributed by atoms with Gasteiger partial charge in [-0.2, -0.15) is 0 Å². The molecule has 1 aromatic carbocycles. The van der Waals surface area contributed by atoms with Crippen LogP contribution in [0.4, 0.5) is 0 Å². The first-order valence-electron chi connectivity index (χ1n) is 6.13. The van der Waals surface area contributed by atoms with Gasteiger partial charge in [0.2, 0.25) is 0 Å². The average Bonchev–Trinajstić information content (AvgIpc) is 2.36. The molecular formula is C14H15Cl2NO3. The average molecular weight is 316 g/mol. The van der Waals surface area contributed by atoms with E-state index >= 15 is 0 Å². The number of hydrogen-bond acceptors (Lipinski definition) is 3. The number of nitrogens with zero attached hydrogens (tertiary/aromatic N) is 1. The van der Waals surface area contributed by atoms with Gasteiger partial charge in [-0.1, -0.05) is 23.2 Å². The second-order valence-electron chi connectivity index (χ2n) is 4.83. The number of hydrogen-bond donors (Lipinski definition) is 1. The van der Waals surface area contributed by atoms with Gasteiger partial charge in [0.1, 0.15) is 18.4 Å². The van der Waals surface area contributed by atoms with Crippen molar-refractivity contribution in [2.24, 2.45) is 0 Å². The first-order valence-corrected chi connectivity index (χ1v) is 6.88. The van der Waals surface area contributed by atoms with Crippen molar-refractivity contribution >= 4 is 35.2 Å². The van der Waals surface area contributed by atoms with Gasteiger partial charge in [-0.3, -0.25) is 9.69 Å². The lowest BCUT2D eigenvalue weighted by molar-refractivity contribution is -0.141. The van der Waals surface area contributed by atoms with E-state index in [0.717, 1.165) is 11.1 Å². The lowest BCUT2D eigenvalue weighted by atomic mass is 10.1. The lowest BCUT2D eigenvalue weighted by Gasteiger charge is -2.25. The van der Waals surface area contributed by atoms with Crippen molar-refractivity contribution in [3.8, 4) is 5.75 Å². The van der Waals surface area contributed by atoms with Crippen LogP contribution in [0.25, 0.3) is 6.08 Å². The number of fused-ring (bicyclic) bond motifs is 1. The van der Waals surface area contributed by atoms with Gasteiger partial charge in [0, 0.05) is 17.1 Å². The molecule has 1 aromatic rings. The predicted molar refractivity (Wildman–Crippen MR) is 79.7 cm³/mol. The number of likely N-dealkylation sites (N-methyl/N-ethyl adjacent to an activating group) is 1. The summed E-state index contributed by atoms with van der Waals surface area (Å²) in [4.78, 5) is 12.7. The van der Waals surface area contributed by atoms with Crippen LogP contribution in [0.5, 0.6) is 5.75 Å². The Bertz CT molecular complexity index is 572. The Hall–Kier alpha value is -1.23. The molecule has 1 aliphatic rings. The number of rotatable bonds is 4. The van der Waals surface area contributed by atoms with Gasteiger partial charge in [-0.05, 0) is 37.8 Å². The molecule has 108 valence electrons. The van der Waals surface area contributed by atoms with Crippen molar-refractivity contribution < 1.29 is 14.6 Å². The van der Waals surface area contributed by atoms with Crippen molar-refractivity contribution in [3.63, 3.8) is 0 Å². The van der Waals surface area contributed by atoms with E-state index in [0.29, 0.717) is 28.9 Å². The van der Waals surface area contributed by atoms with Crippen LogP contribution in [0, 0.1) is 0 Å². The molecule has 2 rings (SSSR count). The molecule has 1 aliphatic heterocycles. The van der Waals surface area contributed by atoms with Gasteiger partial charge in [-0.15, -0.1) is 0 Å². The van der Waals surface area contributed by atoms with Gasteiger partial charge >= 0.3 is 5.97 Å². The molecular weight excluding hydrogens is 301 g/mol. The highest BCUT2D eigenvalue weighted by Crippen LogP contribution is 2.36. The molecule has 1 N–H and O–H groups in total. The van der Waals surface area contributed by atoms with Crippen molar-refractivity contribution in [1.82, 2.24) is 4.90 Å². The SMILES string of the molecule is CC(C(=O)O)N(C)CC1=Cc2cc(Cl)cc(Cl)c2OC1. The summed E-state index contributed by atoms with van der Waals surface area (Å²) in [5.41, 5.74) is 1.80. The van der Waals surface area contributed by atoms with E-state index in [1.54, 1.807) is 31.0 Å². The van der Waals surface area contributed by atoms with Gasteiger partial charge in [0.05, 0.1) is 5.02 Å². The maximum absolute atomic E-state index is 10.9. The van der Waals surface area contributed by atoms with Gasteiger partial charge < -0.3 is 9.84 Å². The Morgan fingerprint density at radius 2 is 2.20 bits per heavy atom. The van der Waals surface area contributed by atoms with Crippen LogP contribution in [-0.4, -0.2) is 42.2 Å². The summed E-state index contributed by atoms with van der Waals surface area (Å²) < 4.78 is 5.63. The Balaban J connectivity index is 2.19. The third-order valence-corrected chi connectivity index (χ3v) is 3.77. The number of halogens is 2. The van der Waals surface area contributed by atoms with Crippen molar-refractivity contribution in [1.29, 1.82) is 0 Å². The summed E-state index contributed by atoms with van der Waals surface area (Å²) in [5.74, 6) is -0.231. The summed E-state index contributed by atoms with van der Waals surface area (Å²) in [7, 11) is 1.76. The maximum Gasteiger partial charge on any atom is 0.320 e. The second-order valence-corrected chi connectivity index (χ2v) is 5.67. The number of ether oxygens (including phenoxy) is 1. The molecule has 0 bridgehead atoms. The topological polar surface area (TPSA) is 49.8 Å². The molecule has 0 aromatic heterocycles. The van der Waals surface area contributed by atoms with E-state index in [4.69, 9.17) is 33.0 Å². The normalized spacial score (nSPS) is 15.3. The molecule has 0 aliphatic carbocycles. The zero-order valence-corrected chi connectivity index (χ0v) is 12.7. The number of carbonyl (C=O) groups is 1. The summed E-state index contributed by atoms with van der Waals surface area (Å²) >= 11 is 12.0. The fourth-order valence-corrected chi connectivity index (χ4v) is 2.57. The van der Waals surface area contributed by atoms with Crippen molar-refractivity contribution in [3.05, 3.63) is 33.3 Å². The highest BCUT2D eigenvalue weighted by Gasteiger charge is 2.21. The Kier molecular flexibility index (Phi) is 4.58.